The molecule has 0 aliphatic rings. The van der Waals surface area contributed by atoms with Gasteiger partial charge < -0.3 is 0 Å². The summed E-state index contributed by atoms with van der Waals surface area (Å²) in [6.07, 6.45) is 9.57. The summed E-state index contributed by atoms with van der Waals surface area (Å²) in [5.74, 6) is 0. The van der Waals surface area contributed by atoms with Gasteiger partial charge in [0.2, 0.25) is 0 Å². The fraction of sp³-hybridized carbons (Fsp3) is 0.778. The molecule has 0 saturated carbocycles. The second kappa shape index (κ2) is 8.67. The van der Waals surface area contributed by atoms with Crippen LogP contribution >= 0.6 is 0 Å². The first kappa shape index (κ1) is 9.67. The van der Waals surface area contributed by atoms with Gasteiger partial charge in [-0.3, -0.25) is 4.39 Å². The smallest absolute Gasteiger partial charge is 0.0894 e. The number of halogens is 1. The maximum atomic E-state index is 11.6. The van der Waals surface area contributed by atoms with Crippen LogP contribution in [0.25, 0.3) is 0 Å². The molecule has 0 amide bonds. The molecule has 1 heteroatoms. The Bertz CT molecular complexity index is 76.8. The van der Waals surface area contributed by atoms with Crippen molar-refractivity contribution >= 4 is 0 Å². The van der Waals surface area contributed by atoms with E-state index in [0.717, 1.165) is 19.3 Å². The number of allylic oxidation sites excluding steroid dienone is 2. The highest BCUT2D eigenvalue weighted by atomic mass is 19.1. The van der Waals surface area contributed by atoms with Crippen molar-refractivity contribution in [1.82, 2.24) is 0 Å². The van der Waals surface area contributed by atoms with Gasteiger partial charge in [-0.2, -0.15) is 0 Å². The zero-order valence-corrected chi connectivity index (χ0v) is 6.78. The standard InChI is InChI=1S/C9H17F/c1-2-3-4-5-6-7-8-9-10/h2-3H,4-9H2,1H3/b3-2+. The zero-order chi connectivity index (χ0) is 7.66. The summed E-state index contributed by atoms with van der Waals surface area (Å²) in [5, 5.41) is 0. The summed E-state index contributed by atoms with van der Waals surface area (Å²) in [5.41, 5.74) is 0. The van der Waals surface area contributed by atoms with E-state index < -0.39 is 0 Å². The molecule has 0 aromatic heterocycles. The molecule has 0 aliphatic carbocycles. The van der Waals surface area contributed by atoms with Crippen LogP contribution in [0.1, 0.15) is 39.0 Å². The summed E-state index contributed by atoms with van der Waals surface area (Å²) in [7, 11) is 0. The fourth-order valence-corrected chi connectivity index (χ4v) is 0.877. The van der Waals surface area contributed by atoms with Gasteiger partial charge in [-0.05, 0) is 26.2 Å². The number of hydrogen-bond donors (Lipinski definition) is 0. The summed E-state index contributed by atoms with van der Waals surface area (Å²) in [6, 6.07) is 0. The van der Waals surface area contributed by atoms with Gasteiger partial charge in [0.15, 0.2) is 0 Å². The van der Waals surface area contributed by atoms with Crippen LogP contribution in [0, 0.1) is 0 Å². The van der Waals surface area contributed by atoms with Crippen molar-refractivity contribution in [2.75, 3.05) is 6.67 Å². The molecule has 0 rings (SSSR count). The van der Waals surface area contributed by atoms with Gasteiger partial charge in [-0.1, -0.05) is 25.0 Å². The molecular weight excluding hydrogens is 127 g/mol. The van der Waals surface area contributed by atoms with E-state index in [1.165, 1.54) is 12.8 Å². The third-order valence-electron chi connectivity index (χ3n) is 1.49. The first-order valence-corrected chi connectivity index (χ1v) is 4.09. The summed E-state index contributed by atoms with van der Waals surface area (Å²) in [6.45, 7) is 1.88. The molecule has 0 atom stereocenters. The predicted molar refractivity (Wildman–Crippen MR) is 43.9 cm³/mol. The van der Waals surface area contributed by atoms with Gasteiger partial charge in [0.25, 0.3) is 0 Å². The molecule has 0 spiro atoms. The Balaban J connectivity index is 2.77. The average Bonchev–Trinajstić information content (AvgIpc) is 1.97. The molecule has 0 nitrogen and oxygen atoms in total. The van der Waals surface area contributed by atoms with E-state index in [1.54, 1.807) is 0 Å². The molecule has 0 aromatic rings. The average molecular weight is 144 g/mol. The molecule has 10 heavy (non-hydrogen) atoms. The molecule has 0 saturated heterocycles. The molecule has 0 fully saturated rings. The minimum absolute atomic E-state index is 0.149. The van der Waals surface area contributed by atoms with Gasteiger partial charge in [0.05, 0.1) is 6.67 Å². The highest BCUT2D eigenvalue weighted by Gasteiger charge is 1.86. The zero-order valence-electron chi connectivity index (χ0n) is 6.78. The van der Waals surface area contributed by atoms with E-state index in [2.05, 4.69) is 12.2 Å². The van der Waals surface area contributed by atoms with Crippen LogP contribution in [0.2, 0.25) is 0 Å². The van der Waals surface area contributed by atoms with Crippen LogP contribution in [0.4, 0.5) is 4.39 Å². The van der Waals surface area contributed by atoms with Crippen LogP contribution in [0.15, 0.2) is 12.2 Å². The molecular formula is C9H17F. The lowest BCUT2D eigenvalue weighted by Crippen LogP contribution is -1.78. The maximum Gasteiger partial charge on any atom is 0.0894 e. The first-order chi connectivity index (χ1) is 4.91. The molecule has 0 aromatic carbocycles. The Labute approximate surface area is 63.1 Å². The SMILES string of the molecule is C/C=C/CCCCCCF. The predicted octanol–water partition coefficient (Wildman–Crippen LogP) is 3.48. The summed E-state index contributed by atoms with van der Waals surface area (Å²) in [4.78, 5) is 0. The van der Waals surface area contributed by atoms with Crippen molar-refractivity contribution in [3.05, 3.63) is 12.2 Å². The van der Waals surface area contributed by atoms with Crippen LogP contribution < -0.4 is 0 Å². The van der Waals surface area contributed by atoms with E-state index in [0.29, 0.717) is 0 Å². The Kier molecular flexibility index (Phi) is 8.38. The molecule has 60 valence electrons. The molecule has 0 heterocycles. The number of rotatable bonds is 6. The topological polar surface area (TPSA) is 0 Å². The lowest BCUT2D eigenvalue weighted by Gasteiger charge is -1.93. The van der Waals surface area contributed by atoms with E-state index in [-0.39, 0.29) is 6.67 Å². The quantitative estimate of drug-likeness (QED) is 0.395. The first-order valence-electron chi connectivity index (χ1n) is 4.09. The van der Waals surface area contributed by atoms with Gasteiger partial charge in [-0.15, -0.1) is 0 Å². The van der Waals surface area contributed by atoms with Crippen molar-refractivity contribution in [3.63, 3.8) is 0 Å². The molecule has 0 bridgehead atoms. The highest BCUT2D eigenvalue weighted by molar-refractivity contribution is 4.76. The lowest BCUT2D eigenvalue weighted by molar-refractivity contribution is 0.453. The largest absolute Gasteiger partial charge is 0.251 e. The van der Waals surface area contributed by atoms with Crippen molar-refractivity contribution in [2.45, 2.75) is 39.0 Å². The third kappa shape index (κ3) is 7.67. The van der Waals surface area contributed by atoms with E-state index >= 15 is 0 Å². The Morgan fingerprint density at radius 3 is 2.40 bits per heavy atom. The Hall–Kier alpha value is -0.330. The van der Waals surface area contributed by atoms with Gasteiger partial charge in [-0.25, -0.2) is 0 Å². The van der Waals surface area contributed by atoms with Gasteiger partial charge in [0.1, 0.15) is 0 Å². The summed E-state index contributed by atoms with van der Waals surface area (Å²) < 4.78 is 11.6. The highest BCUT2D eigenvalue weighted by Crippen LogP contribution is 2.03. The van der Waals surface area contributed by atoms with Crippen molar-refractivity contribution in [2.24, 2.45) is 0 Å². The van der Waals surface area contributed by atoms with Gasteiger partial charge in [0, 0.05) is 0 Å². The fourth-order valence-electron chi connectivity index (χ4n) is 0.877. The van der Waals surface area contributed by atoms with Crippen molar-refractivity contribution < 1.29 is 4.39 Å². The number of alkyl halides is 1. The van der Waals surface area contributed by atoms with Crippen LogP contribution in [-0.2, 0) is 0 Å². The van der Waals surface area contributed by atoms with E-state index in [4.69, 9.17) is 0 Å². The molecule has 0 radical (unpaired) electrons. The normalized spacial score (nSPS) is 11.0. The second-order valence-electron chi connectivity index (χ2n) is 2.46. The Morgan fingerprint density at radius 1 is 1.10 bits per heavy atom. The summed E-state index contributed by atoms with van der Waals surface area (Å²) >= 11 is 0. The van der Waals surface area contributed by atoms with E-state index in [9.17, 15) is 4.39 Å². The number of hydrogen-bond acceptors (Lipinski definition) is 0. The van der Waals surface area contributed by atoms with Crippen molar-refractivity contribution in [3.8, 4) is 0 Å². The minimum atomic E-state index is -0.149. The van der Waals surface area contributed by atoms with Crippen LogP contribution in [0.3, 0.4) is 0 Å². The maximum absolute atomic E-state index is 11.6. The van der Waals surface area contributed by atoms with E-state index in [1.807, 2.05) is 6.92 Å². The molecule has 0 N–H and O–H groups in total. The monoisotopic (exact) mass is 144 g/mol. The van der Waals surface area contributed by atoms with Crippen molar-refractivity contribution in [1.29, 1.82) is 0 Å². The van der Waals surface area contributed by atoms with Crippen LogP contribution in [0.5, 0.6) is 0 Å². The minimum Gasteiger partial charge on any atom is -0.251 e. The number of unbranched alkanes of at least 4 members (excludes halogenated alkanes) is 4. The lowest BCUT2D eigenvalue weighted by atomic mass is 10.1. The van der Waals surface area contributed by atoms with Crippen LogP contribution in [-0.4, -0.2) is 6.67 Å². The molecule has 0 unspecified atom stereocenters. The Morgan fingerprint density at radius 2 is 1.80 bits per heavy atom. The second-order valence-corrected chi connectivity index (χ2v) is 2.46. The third-order valence-corrected chi connectivity index (χ3v) is 1.49. The van der Waals surface area contributed by atoms with Gasteiger partial charge >= 0.3 is 0 Å². The molecule has 0 aliphatic heterocycles.